The monoisotopic (exact) mass is 292 g/mol. The Morgan fingerprint density at radius 1 is 0.737 bits per heavy atom. The number of unbranched alkanes of at least 4 members (excludes halogenated alkanes) is 3. The van der Waals surface area contributed by atoms with Crippen LogP contribution in [-0.2, 0) is 18.3 Å². The highest BCUT2D eigenvalue weighted by molar-refractivity contribution is 6.67. The third-order valence-corrected chi connectivity index (χ3v) is 6.91. The molecule has 0 fully saturated rings. The van der Waals surface area contributed by atoms with E-state index in [4.69, 9.17) is 18.3 Å². The van der Waals surface area contributed by atoms with Crippen LogP contribution in [0, 0.1) is 0 Å². The lowest BCUT2D eigenvalue weighted by molar-refractivity contribution is 0.0858. The van der Waals surface area contributed by atoms with Gasteiger partial charge in [0.2, 0.25) is 0 Å². The third-order valence-electron chi connectivity index (χ3n) is 3.26. The average molecular weight is 292 g/mol. The van der Waals surface area contributed by atoms with E-state index < -0.39 is 8.56 Å². The normalized spacial score (nSPS) is 12.0. The van der Waals surface area contributed by atoms with Crippen LogP contribution in [0.3, 0.4) is 0 Å². The van der Waals surface area contributed by atoms with Crippen LogP contribution < -0.4 is 0 Å². The molecule has 0 aromatic carbocycles. The molecule has 0 rings (SSSR count). The van der Waals surface area contributed by atoms with Crippen molar-refractivity contribution in [2.45, 2.75) is 51.6 Å². The fraction of sp³-hybridized carbons (Fsp3) is 1.00. The molecule has 0 heterocycles. The van der Waals surface area contributed by atoms with Crippen LogP contribution in [0.25, 0.3) is 0 Å². The first-order valence-corrected chi connectivity index (χ1v) is 9.73. The zero-order chi connectivity index (χ0) is 14.4. The van der Waals surface area contributed by atoms with Gasteiger partial charge >= 0.3 is 8.56 Å². The second-order valence-electron chi connectivity index (χ2n) is 4.76. The highest BCUT2D eigenvalue weighted by Crippen LogP contribution is 2.22. The molecule has 0 aliphatic rings. The molecule has 116 valence electrons. The predicted octanol–water partition coefficient (Wildman–Crippen LogP) is 3.35. The van der Waals surface area contributed by atoms with Crippen molar-refractivity contribution in [3.63, 3.8) is 0 Å². The lowest BCUT2D eigenvalue weighted by Gasteiger charge is -2.30. The van der Waals surface area contributed by atoms with Gasteiger partial charge in [-0.1, -0.05) is 39.5 Å². The predicted molar refractivity (Wildman–Crippen MR) is 80.8 cm³/mol. The van der Waals surface area contributed by atoms with Gasteiger partial charge in [-0.15, -0.1) is 0 Å². The molecular formula is C14H32O4Si. The van der Waals surface area contributed by atoms with Gasteiger partial charge in [0.15, 0.2) is 0 Å². The van der Waals surface area contributed by atoms with E-state index in [0.717, 1.165) is 12.1 Å². The Hall–Kier alpha value is 0.0569. The van der Waals surface area contributed by atoms with Gasteiger partial charge in [-0.05, 0) is 12.1 Å². The molecule has 0 radical (unpaired) electrons. The van der Waals surface area contributed by atoms with E-state index in [9.17, 15) is 0 Å². The lowest BCUT2D eigenvalue weighted by atomic mass is 10.2. The first kappa shape index (κ1) is 19.1. The van der Waals surface area contributed by atoms with Gasteiger partial charge in [0.25, 0.3) is 0 Å². The van der Waals surface area contributed by atoms with Crippen molar-refractivity contribution in [3.8, 4) is 0 Å². The molecule has 0 N–H and O–H groups in total. The first-order valence-electron chi connectivity index (χ1n) is 7.50. The minimum Gasteiger partial charge on any atom is -0.392 e. The zero-order valence-electron chi connectivity index (χ0n) is 13.2. The van der Waals surface area contributed by atoms with E-state index in [1.807, 2.05) is 0 Å². The SMILES string of the molecule is CCCCCC[Si](CC)(OCCOC)OCCOC. The van der Waals surface area contributed by atoms with Gasteiger partial charge in [0, 0.05) is 14.2 Å². The maximum Gasteiger partial charge on any atom is 0.338 e. The molecule has 0 bridgehead atoms. The molecule has 5 heteroatoms. The van der Waals surface area contributed by atoms with Crippen LogP contribution >= 0.6 is 0 Å². The zero-order valence-corrected chi connectivity index (χ0v) is 14.2. The van der Waals surface area contributed by atoms with Crippen LogP contribution in [0.5, 0.6) is 0 Å². The number of ether oxygens (including phenoxy) is 2. The summed E-state index contributed by atoms with van der Waals surface area (Å²) in [6, 6.07) is 2.07. The second-order valence-corrected chi connectivity index (χ2v) is 8.36. The van der Waals surface area contributed by atoms with Crippen molar-refractivity contribution >= 4 is 8.56 Å². The fourth-order valence-electron chi connectivity index (χ4n) is 2.01. The van der Waals surface area contributed by atoms with Gasteiger partial charge in [-0.25, -0.2) is 0 Å². The maximum absolute atomic E-state index is 6.08. The van der Waals surface area contributed by atoms with Gasteiger partial charge < -0.3 is 18.3 Å². The fourth-order valence-corrected chi connectivity index (χ4v) is 4.84. The Kier molecular flexibility index (Phi) is 13.1. The molecule has 0 saturated carbocycles. The van der Waals surface area contributed by atoms with Gasteiger partial charge in [-0.2, -0.15) is 0 Å². The molecular weight excluding hydrogens is 260 g/mol. The van der Waals surface area contributed by atoms with Crippen molar-refractivity contribution in [3.05, 3.63) is 0 Å². The standard InChI is InChI=1S/C14H32O4Si/c1-5-7-8-9-14-19(6-2,17-12-10-15-3)18-13-11-16-4/h5-14H2,1-4H3. The summed E-state index contributed by atoms with van der Waals surface area (Å²) in [6.45, 7) is 6.95. The van der Waals surface area contributed by atoms with Gasteiger partial charge in [0.1, 0.15) is 0 Å². The van der Waals surface area contributed by atoms with Crippen molar-refractivity contribution in [2.75, 3.05) is 40.6 Å². The molecule has 0 aliphatic carbocycles. The van der Waals surface area contributed by atoms with Crippen LogP contribution in [0.2, 0.25) is 12.1 Å². The quantitative estimate of drug-likeness (QED) is 0.363. The summed E-state index contributed by atoms with van der Waals surface area (Å²) in [5.74, 6) is 0. The second kappa shape index (κ2) is 13.1. The van der Waals surface area contributed by atoms with Crippen molar-refractivity contribution in [1.29, 1.82) is 0 Å². The van der Waals surface area contributed by atoms with Crippen LogP contribution in [0.1, 0.15) is 39.5 Å². The largest absolute Gasteiger partial charge is 0.392 e. The molecule has 0 aliphatic heterocycles. The maximum atomic E-state index is 6.08. The van der Waals surface area contributed by atoms with Crippen molar-refractivity contribution in [2.24, 2.45) is 0 Å². The van der Waals surface area contributed by atoms with E-state index >= 15 is 0 Å². The lowest BCUT2D eigenvalue weighted by Crippen LogP contribution is -2.43. The van der Waals surface area contributed by atoms with Crippen LogP contribution in [0.15, 0.2) is 0 Å². The highest BCUT2D eigenvalue weighted by Gasteiger charge is 2.34. The van der Waals surface area contributed by atoms with Gasteiger partial charge in [-0.3, -0.25) is 0 Å². The van der Waals surface area contributed by atoms with E-state index in [-0.39, 0.29) is 0 Å². The van der Waals surface area contributed by atoms with E-state index in [1.54, 1.807) is 14.2 Å². The molecule has 19 heavy (non-hydrogen) atoms. The molecule has 4 nitrogen and oxygen atoms in total. The topological polar surface area (TPSA) is 36.9 Å². The Bertz CT molecular complexity index is 180. The molecule has 0 saturated heterocycles. The minimum absolute atomic E-state index is 0.636. The summed E-state index contributed by atoms with van der Waals surface area (Å²) in [6.07, 6.45) is 5.03. The molecule has 0 amide bonds. The molecule has 0 aromatic heterocycles. The Labute approximate surface area is 120 Å². The first-order chi connectivity index (χ1) is 9.24. The van der Waals surface area contributed by atoms with Crippen molar-refractivity contribution < 1.29 is 18.3 Å². The summed E-state index contributed by atoms with van der Waals surface area (Å²) in [7, 11) is 1.35. The number of rotatable bonds is 14. The molecule has 0 atom stereocenters. The van der Waals surface area contributed by atoms with Crippen LogP contribution in [-0.4, -0.2) is 49.2 Å². The summed E-state index contributed by atoms with van der Waals surface area (Å²) >= 11 is 0. The molecule has 0 spiro atoms. The summed E-state index contributed by atoms with van der Waals surface area (Å²) in [4.78, 5) is 0. The van der Waals surface area contributed by atoms with Crippen molar-refractivity contribution in [1.82, 2.24) is 0 Å². The number of hydrogen-bond donors (Lipinski definition) is 0. The van der Waals surface area contributed by atoms with E-state index in [1.165, 1.54) is 25.7 Å². The smallest absolute Gasteiger partial charge is 0.338 e. The van der Waals surface area contributed by atoms with E-state index in [2.05, 4.69) is 13.8 Å². The van der Waals surface area contributed by atoms with E-state index in [0.29, 0.717) is 26.4 Å². The summed E-state index contributed by atoms with van der Waals surface area (Å²) < 4.78 is 22.3. The molecule has 0 aromatic rings. The Balaban J connectivity index is 4.20. The third kappa shape index (κ3) is 9.57. The summed E-state index contributed by atoms with van der Waals surface area (Å²) in [5, 5.41) is 0. The highest BCUT2D eigenvalue weighted by atomic mass is 28.4. The average Bonchev–Trinajstić information content (AvgIpc) is 2.43. The number of methoxy groups -OCH3 is 2. The van der Waals surface area contributed by atoms with Crippen LogP contribution in [0.4, 0.5) is 0 Å². The summed E-state index contributed by atoms with van der Waals surface area (Å²) in [5.41, 5.74) is 0. The Morgan fingerprint density at radius 2 is 1.32 bits per heavy atom. The Morgan fingerprint density at radius 3 is 1.74 bits per heavy atom. The molecule has 0 unspecified atom stereocenters. The minimum atomic E-state index is -2.05. The number of hydrogen-bond acceptors (Lipinski definition) is 4. The van der Waals surface area contributed by atoms with Gasteiger partial charge in [0.05, 0.1) is 26.4 Å².